The van der Waals surface area contributed by atoms with Gasteiger partial charge in [0.1, 0.15) is 5.69 Å². The number of halogens is 4. The van der Waals surface area contributed by atoms with Crippen LogP contribution in [0.4, 0.5) is 23.2 Å². The fourth-order valence-electron chi connectivity index (χ4n) is 2.64. The van der Waals surface area contributed by atoms with Gasteiger partial charge in [-0.3, -0.25) is 14.4 Å². The van der Waals surface area contributed by atoms with Gasteiger partial charge in [0.15, 0.2) is 0 Å². The van der Waals surface area contributed by atoms with E-state index in [-0.39, 0.29) is 17.4 Å². The van der Waals surface area contributed by atoms with E-state index in [9.17, 15) is 27.2 Å². The molecule has 0 spiro atoms. The number of amides is 2. The van der Waals surface area contributed by atoms with Gasteiger partial charge in [0.05, 0.1) is 13.7 Å². The first kappa shape index (κ1) is 27.0. The van der Waals surface area contributed by atoms with Gasteiger partial charge in [-0.05, 0) is 25.6 Å². The van der Waals surface area contributed by atoms with Gasteiger partial charge in [-0.2, -0.15) is 22.5 Å². The van der Waals surface area contributed by atoms with Crippen LogP contribution in [0.15, 0.2) is 0 Å². The zero-order chi connectivity index (χ0) is 23.9. The number of rotatable bonds is 9. The molecule has 13 heteroatoms. The van der Waals surface area contributed by atoms with Gasteiger partial charge >= 0.3 is 0 Å². The topological polar surface area (TPSA) is 72.0 Å². The molecular weight excluding hydrogens is 462 g/mol. The number of nitrogens with zero attached hydrogens (tertiary/aromatic N) is 3. The summed E-state index contributed by atoms with van der Waals surface area (Å²) < 4.78 is 61.0. The summed E-state index contributed by atoms with van der Waals surface area (Å²) in [5.74, 6) is -9.34. The second kappa shape index (κ2) is 12.2. The highest BCUT2D eigenvalue weighted by Gasteiger charge is 2.32. The number of pyridine rings is 1. The minimum atomic E-state index is -1.89. The molecule has 0 fully saturated rings. The third-order valence-electron chi connectivity index (χ3n) is 4.16. The Labute approximate surface area is 187 Å². The first-order valence-electron chi connectivity index (χ1n) is 9.07. The SMILES string of the molecule is CCOC(=S)SC(CC(C)C(=O)N(C)OC)CN(C(C)=O)c1c(F)c(F)nc(F)c1F. The predicted octanol–water partition coefficient (Wildman–Crippen LogP) is 3.46. The van der Waals surface area contributed by atoms with E-state index >= 15 is 0 Å². The molecule has 1 aromatic heterocycles. The van der Waals surface area contributed by atoms with E-state index in [0.29, 0.717) is 4.90 Å². The number of aromatic nitrogens is 1. The number of carbonyl (C=O) groups is 2. The van der Waals surface area contributed by atoms with Gasteiger partial charge in [-0.25, -0.2) is 5.06 Å². The van der Waals surface area contributed by atoms with Gasteiger partial charge in [-0.15, -0.1) is 0 Å². The number of anilines is 1. The molecular formula is C18H23F4N3O4S2. The molecule has 0 aromatic carbocycles. The Hall–Kier alpha value is -1.99. The van der Waals surface area contributed by atoms with Crippen molar-refractivity contribution in [3.05, 3.63) is 23.5 Å². The lowest BCUT2D eigenvalue weighted by atomic mass is 10.0. The van der Waals surface area contributed by atoms with Crippen molar-refractivity contribution in [1.82, 2.24) is 10.0 Å². The van der Waals surface area contributed by atoms with E-state index in [1.165, 1.54) is 14.2 Å². The van der Waals surface area contributed by atoms with Gasteiger partial charge in [0, 0.05) is 31.7 Å². The standard InChI is InChI=1S/C18H23F4N3O4S2/c1-6-29-18(30)31-11(7-9(2)17(27)24(4)28-5)8-25(10(3)26)14-12(19)15(21)23-16(22)13(14)20/h9,11H,6-8H2,1-5H3. The lowest BCUT2D eigenvalue weighted by molar-refractivity contribution is -0.173. The summed E-state index contributed by atoms with van der Waals surface area (Å²) in [6, 6.07) is 0. The molecule has 2 unspecified atom stereocenters. The van der Waals surface area contributed by atoms with Crippen LogP contribution in [0.5, 0.6) is 0 Å². The summed E-state index contributed by atoms with van der Waals surface area (Å²) in [6.07, 6.45) is 0.0769. The molecule has 2 amide bonds. The van der Waals surface area contributed by atoms with Crippen LogP contribution in [0.2, 0.25) is 0 Å². The van der Waals surface area contributed by atoms with Crippen LogP contribution in [0.1, 0.15) is 27.2 Å². The van der Waals surface area contributed by atoms with E-state index in [0.717, 1.165) is 23.7 Å². The lowest BCUT2D eigenvalue weighted by Crippen LogP contribution is -2.39. The normalized spacial score (nSPS) is 12.8. The van der Waals surface area contributed by atoms with Crippen molar-refractivity contribution in [3.63, 3.8) is 0 Å². The Balaban J connectivity index is 3.29. The number of hydrogen-bond acceptors (Lipinski definition) is 7. The van der Waals surface area contributed by atoms with Crippen molar-refractivity contribution in [3.8, 4) is 0 Å². The molecule has 0 bridgehead atoms. The first-order chi connectivity index (χ1) is 14.4. The van der Waals surface area contributed by atoms with Crippen LogP contribution >= 0.6 is 24.0 Å². The molecule has 0 saturated carbocycles. The quantitative estimate of drug-likeness (QED) is 0.230. The van der Waals surface area contributed by atoms with Gasteiger partial charge in [0.25, 0.3) is 11.9 Å². The summed E-state index contributed by atoms with van der Waals surface area (Å²) in [5, 5.41) is 0.286. The van der Waals surface area contributed by atoms with E-state index in [1.807, 2.05) is 0 Å². The maximum Gasteiger partial charge on any atom is 0.253 e. The average molecular weight is 486 g/mol. The van der Waals surface area contributed by atoms with Crippen molar-refractivity contribution in [1.29, 1.82) is 0 Å². The van der Waals surface area contributed by atoms with E-state index in [4.69, 9.17) is 21.8 Å². The highest BCUT2D eigenvalue weighted by Crippen LogP contribution is 2.30. The molecule has 174 valence electrons. The van der Waals surface area contributed by atoms with Crippen molar-refractivity contribution in [2.24, 2.45) is 5.92 Å². The van der Waals surface area contributed by atoms with E-state index < -0.39 is 58.7 Å². The highest BCUT2D eigenvalue weighted by atomic mass is 32.2. The maximum atomic E-state index is 14.3. The Morgan fingerprint density at radius 1 is 1.19 bits per heavy atom. The zero-order valence-corrected chi connectivity index (χ0v) is 19.2. The number of ether oxygens (including phenoxy) is 1. The molecule has 7 nitrogen and oxygen atoms in total. The fourth-order valence-corrected chi connectivity index (χ4v) is 4.23. The van der Waals surface area contributed by atoms with E-state index in [1.54, 1.807) is 13.8 Å². The number of hydrogen-bond donors (Lipinski definition) is 0. The molecule has 1 heterocycles. The smallest absolute Gasteiger partial charge is 0.253 e. The third-order valence-corrected chi connectivity index (χ3v) is 5.55. The Bertz CT molecular complexity index is 805. The minimum Gasteiger partial charge on any atom is -0.479 e. The lowest BCUT2D eigenvalue weighted by Gasteiger charge is -2.29. The third kappa shape index (κ3) is 7.28. The van der Waals surface area contributed by atoms with Crippen LogP contribution in [-0.4, -0.2) is 58.8 Å². The largest absolute Gasteiger partial charge is 0.479 e. The predicted molar refractivity (Wildman–Crippen MR) is 111 cm³/mol. The van der Waals surface area contributed by atoms with Crippen molar-refractivity contribution in [2.75, 3.05) is 32.2 Å². The molecule has 0 N–H and O–H groups in total. The summed E-state index contributed by atoms with van der Waals surface area (Å²) >= 11 is 6.04. The second-order valence-corrected chi connectivity index (χ2v) is 8.28. The van der Waals surface area contributed by atoms with Gasteiger partial charge in [-0.1, -0.05) is 18.7 Å². The van der Waals surface area contributed by atoms with Crippen molar-refractivity contribution >= 4 is 45.9 Å². The monoisotopic (exact) mass is 485 g/mol. The number of thioether (sulfide) groups is 1. The molecule has 2 atom stereocenters. The number of thiocarbonyl (C=S) groups is 1. The summed E-state index contributed by atoms with van der Waals surface area (Å²) in [7, 11) is 2.71. The van der Waals surface area contributed by atoms with Gasteiger partial charge in [0.2, 0.25) is 27.8 Å². The molecule has 0 saturated heterocycles. The van der Waals surface area contributed by atoms with Gasteiger partial charge < -0.3 is 9.64 Å². The molecule has 0 radical (unpaired) electrons. The van der Waals surface area contributed by atoms with Crippen LogP contribution < -0.4 is 4.90 Å². The molecule has 0 aliphatic heterocycles. The molecule has 1 rings (SSSR count). The first-order valence-corrected chi connectivity index (χ1v) is 10.4. The molecule has 0 aliphatic carbocycles. The number of carbonyl (C=O) groups excluding carboxylic acids is 2. The molecule has 1 aromatic rings. The summed E-state index contributed by atoms with van der Waals surface area (Å²) in [6.45, 7) is 4.08. The average Bonchev–Trinajstić information content (AvgIpc) is 2.70. The highest BCUT2D eigenvalue weighted by molar-refractivity contribution is 8.23. The fraction of sp³-hybridized carbons (Fsp3) is 0.556. The van der Waals surface area contributed by atoms with Crippen LogP contribution in [0.3, 0.4) is 0 Å². The molecule has 31 heavy (non-hydrogen) atoms. The second-order valence-electron chi connectivity index (χ2n) is 6.38. The summed E-state index contributed by atoms with van der Waals surface area (Å²) in [4.78, 5) is 32.4. The van der Waals surface area contributed by atoms with Crippen molar-refractivity contribution < 1.29 is 36.7 Å². The number of hydroxylamine groups is 2. The Morgan fingerprint density at radius 3 is 2.19 bits per heavy atom. The zero-order valence-electron chi connectivity index (χ0n) is 17.6. The maximum absolute atomic E-state index is 14.3. The molecule has 0 aliphatic rings. The van der Waals surface area contributed by atoms with E-state index in [2.05, 4.69) is 4.98 Å². The minimum absolute atomic E-state index is 0.0729. The Kier molecular flexibility index (Phi) is 10.6. The van der Waals surface area contributed by atoms with Crippen LogP contribution in [0, 0.1) is 29.4 Å². The van der Waals surface area contributed by atoms with Crippen LogP contribution in [-0.2, 0) is 19.2 Å². The summed E-state index contributed by atoms with van der Waals surface area (Å²) in [5.41, 5.74) is -1.21. The Morgan fingerprint density at radius 2 is 1.74 bits per heavy atom. The van der Waals surface area contributed by atoms with Crippen molar-refractivity contribution in [2.45, 2.75) is 32.4 Å². The van der Waals surface area contributed by atoms with Crippen LogP contribution in [0.25, 0.3) is 0 Å².